The Balaban J connectivity index is 1.91. The van der Waals surface area contributed by atoms with E-state index in [9.17, 15) is 0 Å². The van der Waals surface area contributed by atoms with Gasteiger partial charge in [-0.25, -0.2) is 14.5 Å². The molecule has 6 nitrogen and oxygen atoms in total. The van der Waals surface area contributed by atoms with Crippen molar-refractivity contribution in [2.75, 3.05) is 38.1 Å². The first-order chi connectivity index (χ1) is 10.2. The molecule has 1 aliphatic heterocycles. The van der Waals surface area contributed by atoms with E-state index in [1.54, 1.807) is 6.33 Å². The zero-order valence-corrected chi connectivity index (χ0v) is 13.3. The van der Waals surface area contributed by atoms with Gasteiger partial charge in [0.25, 0.3) is 0 Å². The van der Waals surface area contributed by atoms with Crippen LogP contribution in [0.15, 0.2) is 29.0 Å². The maximum Gasteiger partial charge on any atom is 0.199 e. The van der Waals surface area contributed by atoms with Gasteiger partial charge < -0.3 is 9.80 Å². The molecule has 0 amide bonds. The molecule has 3 aromatic rings. The Labute approximate surface area is 130 Å². The maximum absolute atomic E-state index is 4.83. The Bertz CT molecular complexity index is 806. The number of hydrogen-bond donors (Lipinski definition) is 0. The fraction of sp³-hybridized carbons (Fsp3) is 0.357. The molecular formula is C14H15BrN6. The predicted octanol–water partition coefficient (Wildman–Crippen LogP) is 1.79. The molecule has 0 aliphatic carbocycles. The van der Waals surface area contributed by atoms with E-state index < -0.39 is 0 Å². The SMILES string of the molecule is CN1CCN(c2nc3ccc(Br)cc3n3ncnc23)CC1. The second-order valence-corrected chi connectivity index (χ2v) is 6.27. The van der Waals surface area contributed by atoms with Crippen LogP contribution < -0.4 is 4.90 Å². The van der Waals surface area contributed by atoms with Crippen molar-refractivity contribution in [3.8, 4) is 0 Å². The summed E-state index contributed by atoms with van der Waals surface area (Å²) in [5.74, 6) is 0.926. The Morgan fingerprint density at radius 1 is 1.14 bits per heavy atom. The Hall–Kier alpha value is -1.73. The molecule has 1 aromatic carbocycles. The number of rotatable bonds is 1. The van der Waals surface area contributed by atoms with Gasteiger partial charge in [-0.15, -0.1) is 0 Å². The van der Waals surface area contributed by atoms with E-state index in [-0.39, 0.29) is 0 Å². The lowest BCUT2D eigenvalue weighted by molar-refractivity contribution is 0.312. The van der Waals surface area contributed by atoms with Gasteiger partial charge in [-0.1, -0.05) is 15.9 Å². The van der Waals surface area contributed by atoms with Gasteiger partial charge in [-0.05, 0) is 25.2 Å². The number of nitrogens with zero attached hydrogens (tertiary/aromatic N) is 6. The molecule has 0 radical (unpaired) electrons. The van der Waals surface area contributed by atoms with Crippen LogP contribution in [0.3, 0.4) is 0 Å². The third-order valence-electron chi connectivity index (χ3n) is 3.94. The molecular weight excluding hydrogens is 332 g/mol. The van der Waals surface area contributed by atoms with Crippen LogP contribution in [0.5, 0.6) is 0 Å². The van der Waals surface area contributed by atoms with Crippen molar-refractivity contribution in [1.29, 1.82) is 0 Å². The van der Waals surface area contributed by atoms with Gasteiger partial charge in [0.05, 0.1) is 11.0 Å². The molecule has 0 bridgehead atoms. The van der Waals surface area contributed by atoms with Crippen LogP contribution in [0, 0.1) is 0 Å². The van der Waals surface area contributed by atoms with Crippen LogP contribution in [-0.2, 0) is 0 Å². The summed E-state index contributed by atoms with van der Waals surface area (Å²) in [5.41, 5.74) is 2.73. The number of piperazine rings is 1. The van der Waals surface area contributed by atoms with Crippen LogP contribution >= 0.6 is 15.9 Å². The van der Waals surface area contributed by atoms with Crippen molar-refractivity contribution in [1.82, 2.24) is 24.5 Å². The number of likely N-dealkylation sites (N-methyl/N-ethyl adjacent to an activating group) is 1. The largest absolute Gasteiger partial charge is 0.351 e. The summed E-state index contributed by atoms with van der Waals surface area (Å²) < 4.78 is 2.89. The van der Waals surface area contributed by atoms with Crippen LogP contribution in [0.2, 0.25) is 0 Å². The van der Waals surface area contributed by atoms with Crippen LogP contribution in [-0.4, -0.2) is 57.7 Å². The number of fused-ring (bicyclic) bond motifs is 3. The second kappa shape index (κ2) is 4.92. The minimum atomic E-state index is 0.824. The van der Waals surface area contributed by atoms with Crippen LogP contribution in [0.25, 0.3) is 16.7 Å². The minimum absolute atomic E-state index is 0.824. The van der Waals surface area contributed by atoms with Crippen molar-refractivity contribution >= 4 is 38.4 Å². The number of hydrogen-bond acceptors (Lipinski definition) is 5. The number of benzene rings is 1. The molecule has 1 saturated heterocycles. The van der Waals surface area contributed by atoms with E-state index in [0.29, 0.717) is 0 Å². The molecule has 1 aliphatic rings. The normalized spacial score (nSPS) is 17.0. The first-order valence-electron chi connectivity index (χ1n) is 6.95. The lowest BCUT2D eigenvalue weighted by atomic mass is 10.3. The molecule has 21 heavy (non-hydrogen) atoms. The average Bonchev–Trinajstić information content (AvgIpc) is 2.97. The van der Waals surface area contributed by atoms with Gasteiger partial charge in [0, 0.05) is 30.7 Å². The highest BCUT2D eigenvalue weighted by Gasteiger charge is 2.20. The summed E-state index contributed by atoms with van der Waals surface area (Å²) in [4.78, 5) is 13.9. The van der Waals surface area contributed by atoms with Crippen LogP contribution in [0.1, 0.15) is 0 Å². The van der Waals surface area contributed by atoms with Gasteiger partial charge in [0.1, 0.15) is 6.33 Å². The molecule has 0 N–H and O–H groups in total. The Morgan fingerprint density at radius 2 is 1.95 bits per heavy atom. The summed E-state index contributed by atoms with van der Waals surface area (Å²) in [7, 11) is 2.15. The highest BCUT2D eigenvalue weighted by Crippen LogP contribution is 2.25. The van der Waals surface area contributed by atoms with E-state index in [1.807, 2.05) is 22.7 Å². The van der Waals surface area contributed by atoms with Gasteiger partial charge in [0.15, 0.2) is 11.5 Å². The number of anilines is 1. The van der Waals surface area contributed by atoms with E-state index in [1.165, 1.54) is 0 Å². The maximum atomic E-state index is 4.83. The molecule has 0 atom stereocenters. The lowest BCUT2D eigenvalue weighted by Gasteiger charge is -2.33. The predicted molar refractivity (Wildman–Crippen MR) is 85.7 cm³/mol. The van der Waals surface area contributed by atoms with E-state index in [0.717, 1.165) is 53.2 Å². The third-order valence-corrected chi connectivity index (χ3v) is 4.44. The van der Waals surface area contributed by atoms with E-state index >= 15 is 0 Å². The van der Waals surface area contributed by atoms with Gasteiger partial charge in [-0.3, -0.25) is 0 Å². The number of aromatic nitrogens is 4. The third kappa shape index (κ3) is 2.16. The summed E-state index contributed by atoms with van der Waals surface area (Å²) in [6, 6.07) is 6.05. The fourth-order valence-electron chi connectivity index (χ4n) is 2.73. The van der Waals surface area contributed by atoms with Crippen molar-refractivity contribution in [3.05, 3.63) is 29.0 Å². The molecule has 0 unspecified atom stereocenters. The topological polar surface area (TPSA) is 49.6 Å². The molecule has 1 fully saturated rings. The monoisotopic (exact) mass is 346 g/mol. The van der Waals surface area contributed by atoms with Gasteiger partial charge >= 0.3 is 0 Å². The number of halogens is 1. The standard InChI is InChI=1S/C14H15BrN6/c1-19-4-6-20(7-5-19)14-13-16-9-17-21(13)12-8-10(15)2-3-11(12)18-14/h2-3,8-9H,4-7H2,1H3. The second-order valence-electron chi connectivity index (χ2n) is 5.35. The zero-order valence-electron chi connectivity index (χ0n) is 11.7. The first-order valence-corrected chi connectivity index (χ1v) is 7.74. The van der Waals surface area contributed by atoms with Gasteiger partial charge in [-0.2, -0.15) is 5.10 Å². The summed E-state index contributed by atoms with van der Waals surface area (Å²) in [6.45, 7) is 4.02. The highest BCUT2D eigenvalue weighted by molar-refractivity contribution is 9.10. The summed E-state index contributed by atoms with van der Waals surface area (Å²) in [5, 5.41) is 4.37. The minimum Gasteiger partial charge on any atom is -0.351 e. The smallest absolute Gasteiger partial charge is 0.199 e. The lowest BCUT2D eigenvalue weighted by Crippen LogP contribution is -2.45. The van der Waals surface area contributed by atoms with E-state index in [2.05, 4.69) is 42.9 Å². The van der Waals surface area contributed by atoms with E-state index in [4.69, 9.17) is 4.98 Å². The average molecular weight is 347 g/mol. The van der Waals surface area contributed by atoms with Gasteiger partial charge in [0.2, 0.25) is 0 Å². The fourth-order valence-corrected chi connectivity index (χ4v) is 3.07. The molecule has 3 heterocycles. The van der Waals surface area contributed by atoms with Crippen molar-refractivity contribution in [2.24, 2.45) is 0 Å². The molecule has 0 spiro atoms. The highest BCUT2D eigenvalue weighted by atomic mass is 79.9. The molecule has 2 aromatic heterocycles. The first kappa shape index (κ1) is 13.0. The zero-order chi connectivity index (χ0) is 14.4. The summed E-state index contributed by atoms with van der Waals surface area (Å²) in [6.07, 6.45) is 1.59. The summed E-state index contributed by atoms with van der Waals surface area (Å²) >= 11 is 3.50. The molecule has 7 heteroatoms. The van der Waals surface area contributed by atoms with Crippen molar-refractivity contribution in [2.45, 2.75) is 0 Å². The molecule has 4 rings (SSSR count). The Morgan fingerprint density at radius 3 is 2.76 bits per heavy atom. The Kier molecular flexibility index (Phi) is 3.04. The quantitative estimate of drug-likeness (QED) is 0.672. The van der Waals surface area contributed by atoms with Crippen molar-refractivity contribution < 1.29 is 0 Å². The molecule has 0 saturated carbocycles. The van der Waals surface area contributed by atoms with Crippen LogP contribution in [0.4, 0.5) is 5.82 Å². The van der Waals surface area contributed by atoms with Crippen molar-refractivity contribution in [3.63, 3.8) is 0 Å². The molecule has 108 valence electrons.